The molecule has 0 atom stereocenters. The highest BCUT2D eigenvalue weighted by molar-refractivity contribution is 9.10. The zero-order valence-corrected chi connectivity index (χ0v) is 12.3. The molecule has 2 aromatic carbocycles. The Kier molecular flexibility index (Phi) is 4.46. The maximum atomic E-state index is 13.3. The first-order valence-electron chi connectivity index (χ1n) is 5.46. The Labute approximate surface area is 123 Å². The van der Waals surface area contributed by atoms with Crippen LogP contribution in [0.15, 0.2) is 45.8 Å². The lowest BCUT2D eigenvalue weighted by Gasteiger charge is -2.06. The van der Waals surface area contributed by atoms with Gasteiger partial charge >= 0.3 is 0 Å². The van der Waals surface area contributed by atoms with E-state index in [9.17, 15) is 4.39 Å². The molecule has 0 unspecified atom stereocenters. The smallest absolute Gasteiger partial charge is 0.124 e. The molecule has 5 heteroatoms. The Hall–Kier alpha value is -1.51. The van der Waals surface area contributed by atoms with Crippen molar-refractivity contribution in [2.45, 2.75) is 10.6 Å². The summed E-state index contributed by atoms with van der Waals surface area (Å²) in [5, 5.41) is 8.80. The van der Waals surface area contributed by atoms with Crippen molar-refractivity contribution in [2.75, 3.05) is 5.73 Å². The minimum atomic E-state index is -0.383. The SMILES string of the molecule is N#Cc1cc(F)cc(CSc2ccc(N)cc2Br)c1. The highest BCUT2D eigenvalue weighted by atomic mass is 79.9. The monoisotopic (exact) mass is 336 g/mol. The molecule has 19 heavy (non-hydrogen) atoms. The zero-order valence-electron chi connectivity index (χ0n) is 9.86. The fourth-order valence-corrected chi connectivity index (χ4v) is 3.18. The molecule has 0 amide bonds. The van der Waals surface area contributed by atoms with E-state index < -0.39 is 0 Å². The minimum absolute atomic E-state index is 0.340. The summed E-state index contributed by atoms with van der Waals surface area (Å²) in [5.74, 6) is 0.209. The fourth-order valence-electron chi connectivity index (χ4n) is 1.59. The standard InChI is InChI=1S/C14H10BrFN2S/c15-13-6-12(18)1-2-14(13)19-8-10-3-9(7-17)4-11(16)5-10/h1-6H,8,18H2. The van der Waals surface area contributed by atoms with Crippen LogP contribution in [0.1, 0.15) is 11.1 Å². The molecule has 0 aromatic heterocycles. The summed E-state index contributed by atoms with van der Waals surface area (Å²) in [5.41, 5.74) is 7.48. The number of thioether (sulfide) groups is 1. The van der Waals surface area contributed by atoms with Gasteiger partial charge in [-0.05, 0) is 57.9 Å². The summed E-state index contributed by atoms with van der Waals surface area (Å²) in [6.07, 6.45) is 0. The first-order chi connectivity index (χ1) is 9.08. The van der Waals surface area contributed by atoms with Crippen molar-refractivity contribution in [3.8, 4) is 6.07 Å². The van der Waals surface area contributed by atoms with Gasteiger partial charge < -0.3 is 5.73 Å². The van der Waals surface area contributed by atoms with E-state index in [1.165, 1.54) is 12.1 Å². The molecule has 0 spiro atoms. The molecule has 0 radical (unpaired) electrons. The predicted octanol–water partition coefficient (Wildman–Crippen LogP) is 4.33. The van der Waals surface area contributed by atoms with Gasteiger partial charge in [0.05, 0.1) is 11.6 Å². The third kappa shape index (κ3) is 3.72. The van der Waals surface area contributed by atoms with E-state index in [0.717, 1.165) is 14.9 Å². The van der Waals surface area contributed by atoms with Crippen LogP contribution in [-0.4, -0.2) is 0 Å². The van der Waals surface area contributed by atoms with E-state index >= 15 is 0 Å². The van der Waals surface area contributed by atoms with E-state index in [4.69, 9.17) is 11.0 Å². The highest BCUT2D eigenvalue weighted by Crippen LogP contribution is 2.31. The van der Waals surface area contributed by atoms with Gasteiger partial charge in [-0.2, -0.15) is 5.26 Å². The van der Waals surface area contributed by atoms with Gasteiger partial charge in [-0.25, -0.2) is 4.39 Å². The van der Waals surface area contributed by atoms with Crippen LogP contribution in [0.25, 0.3) is 0 Å². The Bertz CT molecular complexity index is 652. The molecule has 0 aliphatic rings. The van der Waals surface area contributed by atoms with Gasteiger partial charge in [0.2, 0.25) is 0 Å². The molecule has 96 valence electrons. The maximum absolute atomic E-state index is 13.3. The zero-order chi connectivity index (χ0) is 13.8. The number of benzene rings is 2. The Morgan fingerprint density at radius 3 is 2.74 bits per heavy atom. The van der Waals surface area contributed by atoms with Crippen LogP contribution in [0.4, 0.5) is 10.1 Å². The van der Waals surface area contributed by atoms with Gasteiger partial charge in [-0.3, -0.25) is 0 Å². The lowest BCUT2D eigenvalue weighted by Crippen LogP contribution is -1.88. The number of halogens is 2. The van der Waals surface area contributed by atoms with Crippen LogP contribution in [0, 0.1) is 17.1 Å². The molecule has 0 saturated carbocycles. The number of hydrogen-bond acceptors (Lipinski definition) is 3. The van der Waals surface area contributed by atoms with Gasteiger partial charge in [0.25, 0.3) is 0 Å². The van der Waals surface area contributed by atoms with Gasteiger partial charge in [-0.15, -0.1) is 11.8 Å². The van der Waals surface area contributed by atoms with Crippen molar-refractivity contribution in [2.24, 2.45) is 0 Å². The van der Waals surface area contributed by atoms with Crippen molar-refractivity contribution in [1.29, 1.82) is 5.26 Å². The first kappa shape index (κ1) is 13.9. The number of nitrogen functional groups attached to an aromatic ring is 1. The van der Waals surface area contributed by atoms with Crippen molar-refractivity contribution >= 4 is 33.4 Å². The van der Waals surface area contributed by atoms with Crippen LogP contribution in [-0.2, 0) is 5.75 Å². The lowest BCUT2D eigenvalue weighted by atomic mass is 10.1. The fraction of sp³-hybridized carbons (Fsp3) is 0.0714. The average molecular weight is 337 g/mol. The third-order valence-electron chi connectivity index (χ3n) is 2.44. The van der Waals surface area contributed by atoms with Gasteiger partial charge in [0.1, 0.15) is 5.82 Å². The van der Waals surface area contributed by atoms with Crippen LogP contribution >= 0.6 is 27.7 Å². The number of nitrogens with zero attached hydrogens (tertiary/aromatic N) is 1. The summed E-state index contributed by atoms with van der Waals surface area (Å²) in [4.78, 5) is 1.02. The van der Waals surface area contributed by atoms with E-state index in [2.05, 4.69) is 15.9 Å². The molecule has 0 aliphatic carbocycles. The Morgan fingerprint density at radius 2 is 2.05 bits per heavy atom. The quantitative estimate of drug-likeness (QED) is 0.670. The van der Waals surface area contributed by atoms with Gasteiger partial charge in [-0.1, -0.05) is 0 Å². The number of hydrogen-bond donors (Lipinski definition) is 1. The molecule has 2 rings (SSSR count). The topological polar surface area (TPSA) is 49.8 Å². The predicted molar refractivity (Wildman–Crippen MR) is 79.2 cm³/mol. The summed E-state index contributed by atoms with van der Waals surface area (Å²) in [6, 6.07) is 11.9. The normalized spacial score (nSPS) is 10.2. The van der Waals surface area contributed by atoms with Gasteiger partial charge in [0, 0.05) is 20.8 Å². The maximum Gasteiger partial charge on any atom is 0.124 e. The molecule has 0 bridgehead atoms. The summed E-state index contributed by atoms with van der Waals surface area (Å²) in [6.45, 7) is 0. The second kappa shape index (κ2) is 6.09. The molecule has 0 aliphatic heterocycles. The molecule has 2 aromatic rings. The van der Waals surface area contributed by atoms with Gasteiger partial charge in [0.15, 0.2) is 0 Å². The largest absolute Gasteiger partial charge is 0.399 e. The summed E-state index contributed by atoms with van der Waals surface area (Å²) < 4.78 is 14.2. The molecular weight excluding hydrogens is 327 g/mol. The minimum Gasteiger partial charge on any atom is -0.399 e. The van der Waals surface area contributed by atoms with Crippen LogP contribution in [0.3, 0.4) is 0 Å². The first-order valence-corrected chi connectivity index (χ1v) is 7.24. The number of anilines is 1. The molecule has 0 heterocycles. The van der Waals surface area contributed by atoms with Crippen molar-refractivity contribution in [1.82, 2.24) is 0 Å². The number of rotatable bonds is 3. The second-order valence-corrected chi connectivity index (χ2v) is 5.81. The number of nitrogens with two attached hydrogens (primary N) is 1. The lowest BCUT2D eigenvalue weighted by molar-refractivity contribution is 0.626. The van der Waals surface area contributed by atoms with Crippen molar-refractivity contribution < 1.29 is 4.39 Å². The molecule has 2 nitrogen and oxygen atoms in total. The Balaban J connectivity index is 2.14. The van der Waals surface area contributed by atoms with Crippen LogP contribution in [0.5, 0.6) is 0 Å². The Morgan fingerprint density at radius 1 is 1.26 bits per heavy atom. The number of nitriles is 1. The van der Waals surface area contributed by atoms with Crippen molar-refractivity contribution in [3.63, 3.8) is 0 Å². The highest BCUT2D eigenvalue weighted by Gasteiger charge is 2.04. The van der Waals surface area contributed by atoms with E-state index in [1.54, 1.807) is 17.8 Å². The van der Waals surface area contributed by atoms with Crippen LogP contribution < -0.4 is 5.73 Å². The van der Waals surface area contributed by atoms with Crippen molar-refractivity contribution in [3.05, 3.63) is 57.8 Å². The molecule has 2 N–H and O–H groups in total. The van der Waals surface area contributed by atoms with Crippen LogP contribution in [0.2, 0.25) is 0 Å². The molecule has 0 saturated heterocycles. The third-order valence-corrected chi connectivity index (χ3v) is 4.50. The second-order valence-electron chi connectivity index (χ2n) is 3.94. The average Bonchev–Trinajstić information content (AvgIpc) is 2.37. The van der Waals surface area contributed by atoms with E-state index in [-0.39, 0.29) is 5.82 Å². The molecular formula is C14H10BrFN2S. The molecule has 0 fully saturated rings. The van der Waals surface area contributed by atoms with E-state index in [0.29, 0.717) is 17.0 Å². The van der Waals surface area contributed by atoms with E-state index in [1.807, 2.05) is 24.3 Å². The summed E-state index contributed by atoms with van der Waals surface area (Å²) >= 11 is 4.99. The summed E-state index contributed by atoms with van der Waals surface area (Å²) in [7, 11) is 0.